The van der Waals surface area contributed by atoms with E-state index in [1.165, 1.54) is 15.9 Å². The van der Waals surface area contributed by atoms with Crippen LogP contribution < -0.4 is 10.9 Å². The smallest absolute Gasteiger partial charge is 0.341 e. The van der Waals surface area contributed by atoms with E-state index in [0.29, 0.717) is 16.1 Å². The monoisotopic (exact) mass is 446 g/mol. The van der Waals surface area contributed by atoms with Gasteiger partial charge >= 0.3 is 5.97 Å². The summed E-state index contributed by atoms with van der Waals surface area (Å²) in [5.41, 5.74) is 0.682. The van der Waals surface area contributed by atoms with Gasteiger partial charge in [-0.25, -0.2) is 4.79 Å². The average Bonchev–Trinajstić information content (AvgIpc) is 2.92. The van der Waals surface area contributed by atoms with Gasteiger partial charge in [-0.1, -0.05) is 0 Å². The van der Waals surface area contributed by atoms with Crippen molar-refractivity contribution in [1.29, 1.82) is 0 Å². The van der Waals surface area contributed by atoms with E-state index in [9.17, 15) is 14.4 Å². The number of carbonyl (C=O) groups excluding carboxylic acids is 2. The Bertz CT molecular complexity index is 797. The van der Waals surface area contributed by atoms with Crippen LogP contribution in [-0.2, 0) is 16.1 Å². The van der Waals surface area contributed by atoms with Gasteiger partial charge in [0.2, 0.25) is 5.91 Å². The number of nitrogens with one attached hydrogen (secondary N) is 1. The summed E-state index contributed by atoms with van der Waals surface area (Å²) in [6.45, 7) is 3.57. The number of hydrogen-bond donors (Lipinski definition) is 1. The number of aromatic nitrogens is 1. The Hall–Kier alpha value is -1.68. The Labute approximate surface area is 150 Å². The standard InChI is InChI=1S/C15H15IN2O4S/c1-3-22-15(21)11-4-5-23-13(11)17-12(19)8-18-7-10(16)6-9(2)14(18)20/h4-7H,3,8H2,1-2H3,(H,17,19). The Morgan fingerprint density at radius 3 is 2.87 bits per heavy atom. The van der Waals surface area contributed by atoms with Crippen molar-refractivity contribution in [3.05, 3.63) is 48.8 Å². The summed E-state index contributed by atoms with van der Waals surface area (Å²) in [5, 5.41) is 4.78. The van der Waals surface area contributed by atoms with Crippen LogP contribution in [0.25, 0.3) is 0 Å². The van der Waals surface area contributed by atoms with Crippen molar-refractivity contribution in [3.8, 4) is 0 Å². The minimum atomic E-state index is -0.480. The highest BCUT2D eigenvalue weighted by atomic mass is 127. The fraction of sp³-hybridized carbons (Fsp3) is 0.267. The van der Waals surface area contributed by atoms with Gasteiger partial charge in [0, 0.05) is 15.3 Å². The van der Waals surface area contributed by atoms with Gasteiger partial charge in [-0.2, -0.15) is 0 Å². The fourth-order valence-electron chi connectivity index (χ4n) is 1.95. The maximum atomic E-state index is 12.2. The molecule has 1 amide bonds. The molecule has 0 fully saturated rings. The number of rotatable bonds is 5. The van der Waals surface area contributed by atoms with Crippen molar-refractivity contribution in [2.45, 2.75) is 20.4 Å². The lowest BCUT2D eigenvalue weighted by atomic mass is 10.3. The largest absolute Gasteiger partial charge is 0.462 e. The molecule has 2 heterocycles. The van der Waals surface area contributed by atoms with Crippen molar-refractivity contribution in [1.82, 2.24) is 4.57 Å². The van der Waals surface area contributed by atoms with E-state index >= 15 is 0 Å². The summed E-state index contributed by atoms with van der Waals surface area (Å²) in [6.07, 6.45) is 1.62. The molecule has 2 rings (SSSR count). The Balaban J connectivity index is 2.14. The van der Waals surface area contributed by atoms with Crippen LogP contribution in [0.15, 0.2) is 28.5 Å². The zero-order valence-corrected chi connectivity index (χ0v) is 15.6. The molecule has 8 heteroatoms. The Morgan fingerprint density at radius 2 is 2.17 bits per heavy atom. The summed E-state index contributed by atoms with van der Waals surface area (Å²) in [4.78, 5) is 36.0. The van der Waals surface area contributed by atoms with Crippen LogP contribution in [0.1, 0.15) is 22.8 Å². The third kappa shape index (κ3) is 4.41. The lowest BCUT2D eigenvalue weighted by Crippen LogP contribution is -2.29. The molecule has 1 N–H and O–H groups in total. The number of ether oxygens (including phenoxy) is 1. The second-order valence-corrected chi connectivity index (χ2v) is 6.87. The van der Waals surface area contributed by atoms with Crippen LogP contribution in [0.5, 0.6) is 0 Å². The highest BCUT2D eigenvalue weighted by molar-refractivity contribution is 14.1. The number of thiophene rings is 1. The molecule has 2 aromatic heterocycles. The maximum Gasteiger partial charge on any atom is 0.341 e. The molecule has 6 nitrogen and oxygen atoms in total. The SMILES string of the molecule is CCOC(=O)c1ccsc1NC(=O)Cn1cc(I)cc(C)c1=O. The van der Waals surface area contributed by atoms with Crippen molar-refractivity contribution < 1.29 is 14.3 Å². The highest BCUT2D eigenvalue weighted by Gasteiger charge is 2.16. The average molecular weight is 446 g/mol. The Morgan fingerprint density at radius 1 is 1.43 bits per heavy atom. The van der Waals surface area contributed by atoms with Gasteiger partial charge in [-0.15, -0.1) is 11.3 Å². The summed E-state index contributed by atoms with van der Waals surface area (Å²) in [6, 6.07) is 3.36. The first-order valence-corrected chi connectivity index (χ1v) is 8.79. The van der Waals surface area contributed by atoms with Crippen LogP contribution in [-0.4, -0.2) is 23.1 Å². The van der Waals surface area contributed by atoms with E-state index in [-0.39, 0.29) is 24.6 Å². The number of hydrogen-bond acceptors (Lipinski definition) is 5. The van der Waals surface area contributed by atoms with Crippen LogP contribution in [0.4, 0.5) is 5.00 Å². The molecule has 23 heavy (non-hydrogen) atoms. The number of halogens is 1. The first kappa shape index (κ1) is 17.7. The summed E-state index contributed by atoms with van der Waals surface area (Å²) in [7, 11) is 0. The highest BCUT2D eigenvalue weighted by Crippen LogP contribution is 2.24. The van der Waals surface area contributed by atoms with E-state index in [1.807, 2.05) is 0 Å². The predicted octanol–water partition coefficient (Wildman–Crippen LogP) is 2.64. The fourth-order valence-corrected chi connectivity index (χ4v) is 3.55. The van der Waals surface area contributed by atoms with Crippen molar-refractivity contribution in [3.63, 3.8) is 0 Å². The van der Waals surface area contributed by atoms with Gasteiger partial charge in [0.1, 0.15) is 11.5 Å². The second-order valence-electron chi connectivity index (χ2n) is 4.71. The molecule has 0 aliphatic heterocycles. The normalized spacial score (nSPS) is 10.4. The zero-order valence-electron chi connectivity index (χ0n) is 12.6. The van der Waals surface area contributed by atoms with Crippen LogP contribution in [0.3, 0.4) is 0 Å². The minimum absolute atomic E-state index is 0.114. The molecule has 0 aromatic carbocycles. The van der Waals surface area contributed by atoms with Gasteiger partial charge in [0.15, 0.2) is 0 Å². The van der Waals surface area contributed by atoms with Gasteiger partial charge in [0.05, 0.1) is 12.2 Å². The third-order valence-electron chi connectivity index (χ3n) is 2.96. The molecule has 0 radical (unpaired) electrons. The molecular weight excluding hydrogens is 431 g/mol. The number of carbonyl (C=O) groups is 2. The first-order chi connectivity index (χ1) is 10.9. The summed E-state index contributed by atoms with van der Waals surface area (Å²) in [5.74, 6) is -0.854. The van der Waals surface area contributed by atoms with Crippen LogP contribution in [0.2, 0.25) is 0 Å². The zero-order chi connectivity index (χ0) is 17.0. The van der Waals surface area contributed by atoms with E-state index in [2.05, 4.69) is 27.9 Å². The minimum Gasteiger partial charge on any atom is -0.462 e. The lowest BCUT2D eigenvalue weighted by molar-refractivity contribution is -0.116. The number of aryl methyl sites for hydroxylation is 1. The molecule has 2 aromatic rings. The van der Waals surface area contributed by atoms with E-state index in [1.54, 1.807) is 37.6 Å². The molecule has 0 saturated heterocycles. The van der Waals surface area contributed by atoms with E-state index in [4.69, 9.17) is 4.74 Å². The summed E-state index contributed by atoms with van der Waals surface area (Å²) < 4.78 is 7.16. The van der Waals surface area contributed by atoms with Crippen LogP contribution >= 0.6 is 33.9 Å². The number of esters is 1. The molecule has 0 unspecified atom stereocenters. The van der Waals surface area contributed by atoms with Gasteiger partial charge in [0.25, 0.3) is 5.56 Å². The van der Waals surface area contributed by atoms with Crippen molar-refractivity contribution >= 4 is 50.8 Å². The number of nitrogens with zero attached hydrogens (tertiary/aromatic N) is 1. The van der Waals surface area contributed by atoms with Gasteiger partial charge in [-0.3, -0.25) is 9.59 Å². The number of amides is 1. The number of anilines is 1. The predicted molar refractivity (Wildman–Crippen MR) is 97.1 cm³/mol. The van der Waals surface area contributed by atoms with Crippen molar-refractivity contribution in [2.24, 2.45) is 0 Å². The topological polar surface area (TPSA) is 77.4 Å². The Kier molecular flexibility index (Phi) is 5.94. The quantitative estimate of drug-likeness (QED) is 0.566. The molecule has 122 valence electrons. The van der Waals surface area contributed by atoms with Crippen LogP contribution in [0, 0.1) is 10.5 Å². The summed E-state index contributed by atoms with van der Waals surface area (Å²) >= 11 is 3.32. The molecule has 0 saturated carbocycles. The third-order valence-corrected chi connectivity index (χ3v) is 4.38. The first-order valence-electron chi connectivity index (χ1n) is 6.83. The van der Waals surface area contributed by atoms with E-state index < -0.39 is 5.97 Å². The van der Waals surface area contributed by atoms with Gasteiger partial charge < -0.3 is 14.6 Å². The lowest BCUT2D eigenvalue weighted by Gasteiger charge is -2.09. The molecule has 0 atom stereocenters. The second kappa shape index (κ2) is 7.73. The molecule has 0 aliphatic carbocycles. The van der Waals surface area contributed by atoms with Gasteiger partial charge in [-0.05, 0) is 54.0 Å². The van der Waals surface area contributed by atoms with Crippen molar-refractivity contribution in [2.75, 3.05) is 11.9 Å². The van der Waals surface area contributed by atoms with E-state index in [0.717, 1.165) is 3.57 Å². The number of pyridine rings is 1. The maximum absolute atomic E-state index is 12.2. The molecule has 0 aliphatic rings. The molecular formula is C15H15IN2O4S. The molecule has 0 bridgehead atoms. The molecule has 0 spiro atoms.